The smallest absolute Gasteiger partial charge is 0.163 e. The molecule has 3 rings (SSSR count). The summed E-state index contributed by atoms with van der Waals surface area (Å²) in [5.41, 5.74) is 6.65. The fraction of sp³-hybridized carbons (Fsp3) is 0.154. The monoisotopic (exact) mass is 287 g/mol. The number of anilines is 1. The zero-order valence-corrected chi connectivity index (χ0v) is 11.6. The fourth-order valence-electron chi connectivity index (χ4n) is 1.85. The Hall–Kier alpha value is -2.28. The molecule has 0 fully saturated rings. The van der Waals surface area contributed by atoms with E-state index >= 15 is 0 Å². The summed E-state index contributed by atoms with van der Waals surface area (Å²) in [6, 6.07) is 7.02. The van der Waals surface area contributed by atoms with Crippen molar-refractivity contribution in [3.8, 4) is 5.75 Å². The van der Waals surface area contributed by atoms with Crippen molar-refractivity contribution in [2.45, 2.75) is 10.6 Å². The van der Waals surface area contributed by atoms with Gasteiger partial charge in [-0.2, -0.15) is 5.10 Å². The summed E-state index contributed by atoms with van der Waals surface area (Å²) in [4.78, 5) is 9.79. The number of aromatic hydroxyl groups is 1. The molecule has 0 radical (unpaired) electrons. The van der Waals surface area contributed by atoms with E-state index in [1.165, 1.54) is 0 Å². The molecule has 2 heterocycles. The zero-order chi connectivity index (χ0) is 14.1. The Kier molecular flexibility index (Phi) is 3.19. The molecular weight excluding hydrogens is 274 g/mol. The predicted octanol–water partition coefficient (Wildman–Crippen LogP) is 1.94. The van der Waals surface area contributed by atoms with Crippen molar-refractivity contribution in [2.75, 3.05) is 5.73 Å². The zero-order valence-electron chi connectivity index (χ0n) is 10.8. The standard InChI is InChI=1S/C13H13N5OS/c1-18-13-10(6-15-18)12(14)16-11(17-13)7-20-9-4-2-8(19)3-5-9/h2-6,19H,7H2,1H3,(H2,14,16,17). The number of phenols is 1. The summed E-state index contributed by atoms with van der Waals surface area (Å²) >= 11 is 1.59. The van der Waals surface area contributed by atoms with E-state index in [1.54, 1.807) is 34.8 Å². The van der Waals surface area contributed by atoms with Crippen LogP contribution in [0.3, 0.4) is 0 Å². The molecule has 7 heteroatoms. The molecule has 102 valence electrons. The Morgan fingerprint density at radius 3 is 2.75 bits per heavy atom. The normalized spacial score (nSPS) is 11.1. The van der Waals surface area contributed by atoms with Gasteiger partial charge in [-0.25, -0.2) is 9.97 Å². The Morgan fingerprint density at radius 2 is 2.00 bits per heavy atom. The van der Waals surface area contributed by atoms with Crippen LogP contribution in [0.15, 0.2) is 35.4 Å². The third-order valence-corrected chi connectivity index (χ3v) is 3.88. The van der Waals surface area contributed by atoms with Crippen LogP contribution in [0.5, 0.6) is 5.75 Å². The first-order chi connectivity index (χ1) is 9.63. The highest BCUT2D eigenvalue weighted by atomic mass is 32.2. The van der Waals surface area contributed by atoms with Crippen LogP contribution in [0.1, 0.15) is 5.82 Å². The molecule has 3 aromatic rings. The van der Waals surface area contributed by atoms with Gasteiger partial charge in [0.05, 0.1) is 17.3 Å². The number of nitrogens with two attached hydrogens (primary N) is 1. The third kappa shape index (κ3) is 2.39. The highest BCUT2D eigenvalue weighted by Crippen LogP contribution is 2.25. The molecule has 20 heavy (non-hydrogen) atoms. The molecule has 0 bridgehead atoms. The first-order valence-corrected chi connectivity index (χ1v) is 6.98. The van der Waals surface area contributed by atoms with Crippen LogP contribution in [0.4, 0.5) is 5.82 Å². The van der Waals surface area contributed by atoms with Crippen LogP contribution >= 0.6 is 11.8 Å². The first kappa shape index (κ1) is 12.7. The van der Waals surface area contributed by atoms with Gasteiger partial charge in [-0.1, -0.05) is 0 Å². The van der Waals surface area contributed by atoms with Gasteiger partial charge >= 0.3 is 0 Å². The maximum absolute atomic E-state index is 9.24. The van der Waals surface area contributed by atoms with Crippen molar-refractivity contribution >= 4 is 28.6 Å². The second-order valence-electron chi connectivity index (χ2n) is 4.31. The number of aryl methyl sites for hydroxylation is 1. The second kappa shape index (κ2) is 5.01. The quantitative estimate of drug-likeness (QED) is 0.716. The minimum absolute atomic E-state index is 0.256. The summed E-state index contributed by atoms with van der Waals surface area (Å²) in [5, 5.41) is 14.1. The summed E-state index contributed by atoms with van der Waals surface area (Å²) in [6.45, 7) is 0. The number of fused-ring (bicyclic) bond motifs is 1. The number of benzene rings is 1. The van der Waals surface area contributed by atoms with Gasteiger partial charge in [0.1, 0.15) is 17.4 Å². The number of nitrogen functional groups attached to an aromatic ring is 1. The maximum atomic E-state index is 9.24. The number of hydrogen-bond donors (Lipinski definition) is 2. The van der Waals surface area contributed by atoms with Gasteiger partial charge in [0, 0.05) is 11.9 Å². The van der Waals surface area contributed by atoms with Gasteiger partial charge in [0.25, 0.3) is 0 Å². The van der Waals surface area contributed by atoms with Gasteiger partial charge in [0.2, 0.25) is 0 Å². The number of phenolic OH excluding ortho intramolecular Hbond substituents is 1. The Morgan fingerprint density at radius 1 is 1.25 bits per heavy atom. The number of thioether (sulfide) groups is 1. The Bertz CT molecular complexity index is 753. The lowest BCUT2D eigenvalue weighted by Crippen LogP contribution is -2.01. The van der Waals surface area contributed by atoms with Crippen molar-refractivity contribution in [1.29, 1.82) is 0 Å². The molecule has 2 aromatic heterocycles. The second-order valence-corrected chi connectivity index (χ2v) is 5.36. The summed E-state index contributed by atoms with van der Waals surface area (Å²) in [6.07, 6.45) is 1.67. The molecule has 0 amide bonds. The van der Waals surface area contributed by atoms with Crippen LogP contribution in [0.25, 0.3) is 11.0 Å². The lowest BCUT2D eigenvalue weighted by atomic mass is 10.3. The minimum atomic E-state index is 0.256. The molecule has 0 saturated heterocycles. The van der Waals surface area contributed by atoms with E-state index < -0.39 is 0 Å². The molecule has 0 unspecified atom stereocenters. The van der Waals surface area contributed by atoms with Gasteiger partial charge in [-0.05, 0) is 24.3 Å². The molecule has 3 N–H and O–H groups in total. The highest BCUT2D eigenvalue weighted by Gasteiger charge is 2.09. The van der Waals surface area contributed by atoms with Crippen LogP contribution in [-0.2, 0) is 12.8 Å². The molecule has 0 aliphatic rings. The number of rotatable bonds is 3. The van der Waals surface area contributed by atoms with Crippen LogP contribution in [0, 0.1) is 0 Å². The van der Waals surface area contributed by atoms with E-state index in [2.05, 4.69) is 15.1 Å². The first-order valence-electron chi connectivity index (χ1n) is 5.99. The SMILES string of the molecule is Cn1ncc2c(N)nc(CSc3ccc(O)cc3)nc21. The van der Waals surface area contributed by atoms with Crippen molar-refractivity contribution in [3.63, 3.8) is 0 Å². The van der Waals surface area contributed by atoms with E-state index in [-0.39, 0.29) is 5.75 Å². The van der Waals surface area contributed by atoms with E-state index in [9.17, 15) is 5.11 Å². The van der Waals surface area contributed by atoms with Crippen molar-refractivity contribution in [2.24, 2.45) is 7.05 Å². The molecule has 1 aromatic carbocycles. The fourth-order valence-corrected chi connectivity index (χ4v) is 2.60. The van der Waals surface area contributed by atoms with Crippen LogP contribution < -0.4 is 5.73 Å². The van der Waals surface area contributed by atoms with E-state index in [0.29, 0.717) is 17.4 Å². The number of hydrogen-bond acceptors (Lipinski definition) is 6. The van der Waals surface area contributed by atoms with Gasteiger partial charge in [-0.15, -0.1) is 11.8 Å². The van der Waals surface area contributed by atoms with Crippen molar-refractivity contribution in [3.05, 3.63) is 36.3 Å². The number of nitrogens with zero attached hydrogens (tertiary/aromatic N) is 4. The van der Waals surface area contributed by atoms with Gasteiger partial charge in [-0.3, -0.25) is 4.68 Å². The largest absolute Gasteiger partial charge is 0.508 e. The predicted molar refractivity (Wildman–Crippen MR) is 78.4 cm³/mol. The molecule has 0 saturated carbocycles. The molecule has 0 aliphatic carbocycles. The third-order valence-electron chi connectivity index (χ3n) is 2.87. The summed E-state index contributed by atoms with van der Waals surface area (Å²) < 4.78 is 1.68. The van der Waals surface area contributed by atoms with Crippen molar-refractivity contribution in [1.82, 2.24) is 19.7 Å². The molecule has 0 aliphatic heterocycles. The van der Waals surface area contributed by atoms with Crippen molar-refractivity contribution < 1.29 is 5.11 Å². The topological polar surface area (TPSA) is 89.9 Å². The Labute approximate surface area is 119 Å². The highest BCUT2D eigenvalue weighted by molar-refractivity contribution is 7.98. The maximum Gasteiger partial charge on any atom is 0.163 e. The Balaban J connectivity index is 1.83. The summed E-state index contributed by atoms with van der Waals surface area (Å²) in [5.74, 6) is 1.98. The molecule has 0 spiro atoms. The summed E-state index contributed by atoms with van der Waals surface area (Å²) in [7, 11) is 1.83. The van der Waals surface area contributed by atoms with E-state index in [0.717, 1.165) is 15.9 Å². The minimum Gasteiger partial charge on any atom is -0.508 e. The molecule has 6 nitrogen and oxygen atoms in total. The van der Waals surface area contributed by atoms with E-state index in [4.69, 9.17) is 5.73 Å². The average molecular weight is 287 g/mol. The van der Waals surface area contributed by atoms with Crippen LogP contribution in [-0.4, -0.2) is 24.9 Å². The molecular formula is C13H13N5OS. The van der Waals surface area contributed by atoms with Gasteiger partial charge in [0.15, 0.2) is 5.65 Å². The van der Waals surface area contributed by atoms with E-state index in [1.807, 2.05) is 19.2 Å². The average Bonchev–Trinajstić information content (AvgIpc) is 2.81. The lowest BCUT2D eigenvalue weighted by Gasteiger charge is -2.04. The van der Waals surface area contributed by atoms with Crippen LogP contribution in [0.2, 0.25) is 0 Å². The number of aromatic nitrogens is 4. The molecule has 0 atom stereocenters. The van der Waals surface area contributed by atoms with Gasteiger partial charge < -0.3 is 10.8 Å². The lowest BCUT2D eigenvalue weighted by molar-refractivity contribution is 0.475.